The van der Waals surface area contributed by atoms with Crippen LogP contribution in [0.4, 0.5) is 10.1 Å². The Labute approximate surface area is 182 Å². The van der Waals surface area contributed by atoms with Crippen molar-refractivity contribution in [2.75, 3.05) is 16.8 Å². The van der Waals surface area contributed by atoms with Gasteiger partial charge in [-0.05, 0) is 49.7 Å². The summed E-state index contributed by atoms with van der Waals surface area (Å²) in [5, 5.41) is 3.35. The Hall–Kier alpha value is -2.58. The SMILES string of the molecule is Cc1ccc(NC(=O)CSc2nc3c(c(=O)n2-c2ccc(F)cc2)SCC3)c(C)c1. The topological polar surface area (TPSA) is 64.0 Å². The molecule has 30 heavy (non-hydrogen) atoms. The summed E-state index contributed by atoms with van der Waals surface area (Å²) in [6.07, 6.45) is 0.724. The van der Waals surface area contributed by atoms with Crippen LogP contribution in [0.15, 0.2) is 57.3 Å². The number of amides is 1. The molecular formula is C22H20FN3O2S2. The molecule has 0 fully saturated rings. The van der Waals surface area contributed by atoms with Crippen LogP contribution in [0.3, 0.4) is 0 Å². The van der Waals surface area contributed by atoms with Gasteiger partial charge in [-0.15, -0.1) is 11.8 Å². The number of hydrogen-bond acceptors (Lipinski definition) is 5. The van der Waals surface area contributed by atoms with E-state index in [1.807, 2.05) is 32.0 Å². The fraction of sp³-hybridized carbons (Fsp3) is 0.227. The van der Waals surface area contributed by atoms with Crippen LogP contribution in [0, 0.1) is 19.7 Å². The highest BCUT2D eigenvalue weighted by Crippen LogP contribution is 2.30. The minimum Gasteiger partial charge on any atom is -0.325 e. The molecule has 0 saturated carbocycles. The fourth-order valence-corrected chi connectivity index (χ4v) is 5.13. The summed E-state index contributed by atoms with van der Waals surface area (Å²) in [6.45, 7) is 3.95. The largest absolute Gasteiger partial charge is 0.325 e. The molecule has 0 bridgehead atoms. The Morgan fingerprint density at radius 2 is 2.00 bits per heavy atom. The average Bonchev–Trinajstić information content (AvgIpc) is 3.19. The predicted molar refractivity (Wildman–Crippen MR) is 119 cm³/mol. The number of fused-ring (bicyclic) bond motifs is 1. The Balaban J connectivity index is 1.60. The third-order valence-electron chi connectivity index (χ3n) is 4.74. The standard InChI is InChI=1S/C22H20FN3O2S2/c1-13-3-8-17(14(2)11-13)24-19(27)12-30-22-25-18-9-10-29-20(18)21(28)26(22)16-6-4-15(23)5-7-16/h3-8,11H,9-10,12H2,1-2H3,(H,24,27). The number of benzene rings is 2. The van der Waals surface area contributed by atoms with Crippen LogP contribution in [-0.4, -0.2) is 27.0 Å². The number of carbonyl (C=O) groups is 1. The first-order chi connectivity index (χ1) is 14.4. The number of carbonyl (C=O) groups excluding carboxylic acids is 1. The molecule has 1 aromatic heterocycles. The predicted octanol–water partition coefficient (Wildman–Crippen LogP) is 4.37. The molecule has 1 aliphatic rings. The lowest BCUT2D eigenvalue weighted by Gasteiger charge is -2.14. The van der Waals surface area contributed by atoms with Gasteiger partial charge < -0.3 is 5.32 Å². The van der Waals surface area contributed by atoms with E-state index in [1.54, 1.807) is 12.1 Å². The molecule has 154 valence electrons. The lowest BCUT2D eigenvalue weighted by Crippen LogP contribution is -2.24. The van der Waals surface area contributed by atoms with Gasteiger partial charge in [-0.2, -0.15) is 0 Å². The van der Waals surface area contributed by atoms with Crippen LogP contribution >= 0.6 is 23.5 Å². The zero-order valence-corrected chi connectivity index (χ0v) is 18.2. The summed E-state index contributed by atoms with van der Waals surface area (Å²) in [5.41, 5.74) is 4.00. The summed E-state index contributed by atoms with van der Waals surface area (Å²) < 4.78 is 14.8. The molecule has 0 radical (unpaired) electrons. The second kappa shape index (κ2) is 8.65. The number of nitrogens with zero attached hydrogens (tertiary/aromatic N) is 2. The molecular weight excluding hydrogens is 421 g/mol. The second-order valence-electron chi connectivity index (χ2n) is 7.04. The van der Waals surface area contributed by atoms with Crippen LogP contribution in [0.1, 0.15) is 16.8 Å². The highest BCUT2D eigenvalue weighted by atomic mass is 32.2. The van der Waals surface area contributed by atoms with Crippen molar-refractivity contribution in [3.63, 3.8) is 0 Å². The maximum absolute atomic E-state index is 13.4. The van der Waals surface area contributed by atoms with Gasteiger partial charge in [-0.1, -0.05) is 29.5 Å². The molecule has 2 heterocycles. The third kappa shape index (κ3) is 4.29. The number of aromatic nitrogens is 2. The normalized spacial score (nSPS) is 12.6. The van der Waals surface area contributed by atoms with Crippen molar-refractivity contribution in [2.24, 2.45) is 0 Å². The molecule has 2 aromatic carbocycles. The zero-order valence-electron chi connectivity index (χ0n) is 16.6. The van der Waals surface area contributed by atoms with Gasteiger partial charge in [0.05, 0.1) is 22.0 Å². The number of hydrogen-bond donors (Lipinski definition) is 1. The van der Waals surface area contributed by atoms with Crippen LogP contribution in [0.2, 0.25) is 0 Å². The van der Waals surface area contributed by atoms with Crippen LogP contribution in [0.25, 0.3) is 5.69 Å². The molecule has 1 N–H and O–H groups in total. The van der Waals surface area contributed by atoms with Gasteiger partial charge in [0.15, 0.2) is 5.16 Å². The molecule has 0 unspecified atom stereocenters. The molecule has 3 aromatic rings. The quantitative estimate of drug-likeness (QED) is 0.471. The van der Waals surface area contributed by atoms with Crippen molar-refractivity contribution < 1.29 is 9.18 Å². The van der Waals surface area contributed by atoms with Crippen LogP contribution in [-0.2, 0) is 11.2 Å². The first-order valence-electron chi connectivity index (χ1n) is 9.47. The number of rotatable bonds is 5. The molecule has 0 spiro atoms. The summed E-state index contributed by atoms with van der Waals surface area (Å²) in [7, 11) is 0. The Morgan fingerprint density at radius 1 is 1.23 bits per heavy atom. The maximum Gasteiger partial charge on any atom is 0.272 e. The van der Waals surface area contributed by atoms with Crippen LogP contribution < -0.4 is 10.9 Å². The number of aryl methyl sites for hydroxylation is 3. The number of thioether (sulfide) groups is 2. The molecule has 8 heteroatoms. The first-order valence-corrected chi connectivity index (χ1v) is 11.4. The van der Waals surface area contributed by atoms with Crippen molar-refractivity contribution in [1.29, 1.82) is 0 Å². The molecule has 0 aliphatic carbocycles. The van der Waals surface area contributed by atoms with Gasteiger partial charge in [-0.3, -0.25) is 14.2 Å². The minimum absolute atomic E-state index is 0.104. The van der Waals surface area contributed by atoms with Crippen molar-refractivity contribution in [1.82, 2.24) is 9.55 Å². The lowest BCUT2D eigenvalue weighted by atomic mass is 10.1. The van der Waals surface area contributed by atoms with Crippen molar-refractivity contribution in [3.8, 4) is 5.69 Å². The van der Waals surface area contributed by atoms with E-state index < -0.39 is 0 Å². The van der Waals surface area contributed by atoms with E-state index in [-0.39, 0.29) is 23.0 Å². The molecule has 0 saturated heterocycles. The van der Waals surface area contributed by atoms with Gasteiger partial charge >= 0.3 is 0 Å². The lowest BCUT2D eigenvalue weighted by molar-refractivity contribution is -0.113. The van der Waals surface area contributed by atoms with Crippen molar-refractivity contribution in [3.05, 3.63) is 75.5 Å². The van der Waals surface area contributed by atoms with E-state index in [0.717, 1.165) is 34.7 Å². The van der Waals surface area contributed by atoms with E-state index in [4.69, 9.17) is 0 Å². The first kappa shape index (κ1) is 20.7. The Bertz CT molecular complexity index is 1180. The molecule has 4 rings (SSSR count). The molecule has 1 amide bonds. The number of nitrogens with one attached hydrogen (secondary N) is 1. The average molecular weight is 442 g/mol. The van der Waals surface area contributed by atoms with E-state index >= 15 is 0 Å². The summed E-state index contributed by atoms with van der Waals surface area (Å²) >= 11 is 2.69. The van der Waals surface area contributed by atoms with E-state index in [9.17, 15) is 14.0 Å². The zero-order chi connectivity index (χ0) is 21.3. The van der Waals surface area contributed by atoms with Gasteiger partial charge in [0.25, 0.3) is 5.56 Å². The van der Waals surface area contributed by atoms with E-state index in [0.29, 0.717) is 15.7 Å². The monoisotopic (exact) mass is 441 g/mol. The van der Waals surface area contributed by atoms with E-state index in [1.165, 1.54) is 40.2 Å². The van der Waals surface area contributed by atoms with Crippen LogP contribution in [0.5, 0.6) is 0 Å². The maximum atomic E-state index is 13.4. The van der Waals surface area contributed by atoms with Gasteiger partial charge in [0.1, 0.15) is 5.82 Å². The smallest absolute Gasteiger partial charge is 0.272 e. The summed E-state index contributed by atoms with van der Waals surface area (Å²) in [4.78, 5) is 30.9. The minimum atomic E-state index is -0.377. The van der Waals surface area contributed by atoms with Gasteiger partial charge in [0, 0.05) is 17.9 Å². The van der Waals surface area contributed by atoms with Gasteiger partial charge in [0.2, 0.25) is 5.91 Å². The number of anilines is 1. The highest BCUT2D eigenvalue weighted by molar-refractivity contribution is 8.00. The summed E-state index contributed by atoms with van der Waals surface area (Å²) in [5.74, 6) is 0.355. The second-order valence-corrected chi connectivity index (χ2v) is 9.09. The molecule has 1 aliphatic heterocycles. The van der Waals surface area contributed by atoms with E-state index in [2.05, 4.69) is 10.3 Å². The third-order valence-corrected chi connectivity index (χ3v) is 6.79. The van der Waals surface area contributed by atoms with Gasteiger partial charge in [-0.25, -0.2) is 9.37 Å². The fourth-order valence-electron chi connectivity index (χ4n) is 3.28. The Morgan fingerprint density at radius 3 is 2.73 bits per heavy atom. The molecule has 5 nitrogen and oxygen atoms in total. The van der Waals surface area contributed by atoms with Crippen molar-refractivity contribution in [2.45, 2.75) is 30.3 Å². The molecule has 0 atom stereocenters. The van der Waals surface area contributed by atoms with Crippen molar-refractivity contribution >= 4 is 35.1 Å². The summed E-state index contributed by atoms with van der Waals surface area (Å²) in [6, 6.07) is 11.5. The number of halogens is 1. The highest BCUT2D eigenvalue weighted by Gasteiger charge is 2.23. The Kier molecular flexibility index (Phi) is 5.97.